The van der Waals surface area contributed by atoms with Gasteiger partial charge in [0.25, 0.3) is 0 Å². The monoisotopic (exact) mass is 541 g/mol. The topological polar surface area (TPSA) is 95.5 Å². The van der Waals surface area contributed by atoms with Gasteiger partial charge in [-0.1, -0.05) is 13.0 Å². The van der Waals surface area contributed by atoms with Crippen LogP contribution in [0.5, 0.6) is 5.75 Å². The second-order valence-corrected chi connectivity index (χ2v) is 9.87. The van der Waals surface area contributed by atoms with Crippen LogP contribution in [-0.4, -0.2) is 71.2 Å². The SMILES string of the molecule is COc1c([C@H]2[C@H](c3nc4c(N5CCN[C@H](CO)C5)nccc4[nH]3)O[C@@](C)(C(F)(F)F)[C@H]2C)ccc(F)c1F. The van der Waals surface area contributed by atoms with E-state index in [9.17, 15) is 27.1 Å². The van der Waals surface area contributed by atoms with Crippen LogP contribution in [0, 0.1) is 17.6 Å². The fourth-order valence-electron chi connectivity index (χ4n) is 5.50. The third kappa shape index (κ3) is 4.16. The highest BCUT2D eigenvalue weighted by Crippen LogP contribution is 2.59. The zero-order valence-corrected chi connectivity index (χ0v) is 20.9. The Morgan fingerprint density at radius 2 is 2.03 bits per heavy atom. The first-order valence-electron chi connectivity index (χ1n) is 12.2. The molecule has 2 aromatic heterocycles. The number of aliphatic hydroxyl groups excluding tert-OH is 1. The van der Waals surface area contributed by atoms with Crippen molar-refractivity contribution in [1.82, 2.24) is 20.3 Å². The molecule has 3 aromatic rings. The Bertz CT molecular complexity index is 1330. The Balaban J connectivity index is 1.63. The van der Waals surface area contributed by atoms with Gasteiger partial charge in [-0.05, 0) is 19.1 Å². The number of halogens is 5. The number of ether oxygens (including phenoxy) is 2. The molecule has 0 spiro atoms. The van der Waals surface area contributed by atoms with Gasteiger partial charge in [-0.15, -0.1) is 0 Å². The molecule has 2 saturated heterocycles. The van der Waals surface area contributed by atoms with E-state index in [2.05, 4.69) is 20.3 Å². The molecule has 4 heterocycles. The third-order valence-electron chi connectivity index (χ3n) is 7.76. The first-order valence-corrected chi connectivity index (χ1v) is 12.2. The average molecular weight is 542 g/mol. The van der Waals surface area contributed by atoms with Gasteiger partial charge < -0.3 is 29.8 Å². The van der Waals surface area contributed by atoms with E-state index in [1.807, 2.05) is 4.90 Å². The molecule has 206 valence electrons. The van der Waals surface area contributed by atoms with Crippen molar-refractivity contribution in [2.45, 2.75) is 43.7 Å². The molecule has 5 atom stereocenters. The number of rotatable bonds is 5. The maximum atomic E-state index is 14.7. The van der Waals surface area contributed by atoms with Crippen LogP contribution in [0.25, 0.3) is 11.0 Å². The normalized spacial score (nSPS) is 28.3. The Kier molecular flexibility index (Phi) is 6.72. The van der Waals surface area contributed by atoms with Crippen LogP contribution in [0.2, 0.25) is 0 Å². The number of hydrogen-bond donors (Lipinski definition) is 3. The maximum Gasteiger partial charge on any atom is 0.417 e. The lowest BCUT2D eigenvalue weighted by Crippen LogP contribution is -2.52. The highest BCUT2D eigenvalue weighted by Gasteiger charge is 2.65. The molecule has 2 aliphatic rings. The summed E-state index contributed by atoms with van der Waals surface area (Å²) >= 11 is 0. The van der Waals surface area contributed by atoms with E-state index in [4.69, 9.17) is 9.47 Å². The van der Waals surface area contributed by atoms with Crippen molar-refractivity contribution < 1.29 is 36.5 Å². The Morgan fingerprint density at radius 1 is 1.26 bits per heavy atom. The summed E-state index contributed by atoms with van der Waals surface area (Å²) in [5.74, 6) is -4.63. The summed E-state index contributed by atoms with van der Waals surface area (Å²) in [6.07, 6.45) is -4.49. The third-order valence-corrected chi connectivity index (χ3v) is 7.76. The second kappa shape index (κ2) is 9.62. The quantitative estimate of drug-likeness (QED) is 0.423. The smallest absolute Gasteiger partial charge is 0.417 e. The number of H-pyrrole nitrogens is 1. The highest BCUT2D eigenvalue weighted by molar-refractivity contribution is 5.86. The molecule has 1 aromatic carbocycles. The van der Waals surface area contributed by atoms with Crippen molar-refractivity contribution in [3.05, 3.63) is 47.4 Å². The average Bonchev–Trinajstić information content (AvgIpc) is 3.45. The van der Waals surface area contributed by atoms with Crippen molar-refractivity contribution in [3.63, 3.8) is 0 Å². The molecule has 0 aliphatic carbocycles. The summed E-state index contributed by atoms with van der Waals surface area (Å²) < 4.78 is 82.4. The summed E-state index contributed by atoms with van der Waals surface area (Å²) in [7, 11) is 1.13. The summed E-state index contributed by atoms with van der Waals surface area (Å²) in [6.45, 7) is 3.89. The maximum absolute atomic E-state index is 14.7. The number of benzene rings is 1. The van der Waals surface area contributed by atoms with Gasteiger partial charge in [-0.2, -0.15) is 17.6 Å². The van der Waals surface area contributed by atoms with Crippen molar-refractivity contribution in [2.75, 3.05) is 38.3 Å². The summed E-state index contributed by atoms with van der Waals surface area (Å²) in [5.41, 5.74) is -1.61. The van der Waals surface area contributed by atoms with Gasteiger partial charge in [0.2, 0.25) is 5.82 Å². The molecule has 3 N–H and O–H groups in total. The van der Waals surface area contributed by atoms with Crippen LogP contribution in [0.4, 0.5) is 27.8 Å². The van der Waals surface area contributed by atoms with E-state index in [-0.39, 0.29) is 24.0 Å². The molecule has 5 rings (SSSR count). The van der Waals surface area contributed by atoms with E-state index in [1.165, 1.54) is 13.0 Å². The zero-order valence-electron chi connectivity index (χ0n) is 20.9. The lowest BCUT2D eigenvalue weighted by Gasteiger charge is -2.33. The largest absolute Gasteiger partial charge is 0.493 e. The zero-order chi connectivity index (χ0) is 27.4. The molecule has 0 saturated carbocycles. The van der Waals surface area contributed by atoms with Gasteiger partial charge in [0.15, 0.2) is 23.0 Å². The predicted molar refractivity (Wildman–Crippen MR) is 128 cm³/mol. The van der Waals surface area contributed by atoms with Crippen LogP contribution < -0.4 is 15.0 Å². The number of anilines is 1. The number of methoxy groups -OCH3 is 1. The first-order chi connectivity index (χ1) is 18.0. The minimum absolute atomic E-state index is 0.0450. The van der Waals surface area contributed by atoms with Crippen LogP contribution in [0.15, 0.2) is 24.4 Å². The second-order valence-electron chi connectivity index (χ2n) is 9.87. The van der Waals surface area contributed by atoms with Crippen molar-refractivity contribution >= 4 is 16.9 Å². The van der Waals surface area contributed by atoms with E-state index in [0.29, 0.717) is 36.5 Å². The molecule has 0 unspecified atom stereocenters. The number of nitrogens with one attached hydrogen (secondary N) is 2. The van der Waals surface area contributed by atoms with Crippen molar-refractivity contribution in [1.29, 1.82) is 0 Å². The molecular formula is C25H28F5N5O3. The van der Waals surface area contributed by atoms with Crippen LogP contribution in [0.1, 0.15) is 37.3 Å². The van der Waals surface area contributed by atoms with Crippen molar-refractivity contribution in [3.8, 4) is 5.75 Å². The van der Waals surface area contributed by atoms with Gasteiger partial charge >= 0.3 is 6.18 Å². The number of aliphatic hydroxyl groups is 1. The molecule has 13 heteroatoms. The number of piperazine rings is 1. The number of alkyl halides is 3. The van der Waals surface area contributed by atoms with Crippen LogP contribution in [0.3, 0.4) is 0 Å². The fraction of sp³-hybridized carbons (Fsp3) is 0.520. The van der Waals surface area contributed by atoms with Gasteiger partial charge in [0.1, 0.15) is 17.4 Å². The lowest BCUT2D eigenvalue weighted by molar-refractivity contribution is -0.275. The van der Waals surface area contributed by atoms with E-state index < -0.39 is 47.1 Å². The number of nitrogens with zero attached hydrogens (tertiary/aromatic N) is 3. The Labute approximate surface area is 215 Å². The summed E-state index contributed by atoms with van der Waals surface area (Å²) in [6, 6.07) is 3.57. The number of pyridine rings is 1. The van der Waals surface area contributed by atoms with Gasteiger partial charge in [-0.3, -0.25) is 0 Å². The molecule has 2 aliphatic heterocycles. The molecule has 0 bridgehead atoms. The standard InChI is InChI=1S/C25H28F5N5O3/c1-12-17(14-4-5-15(26)18(27)20(14)37-3)21(38-24(12,2)25(28,29)30)22-33-16-6-7-32-23(19(16)34-22)35-9-8-31-13(10-35)11-36/h4-7,12-13,17,21,31,36H,8-11H2,1-3H3,(H,33,34)/t12-,13-,17-,21+,24+/m0/s1. The van der Waals surface area contributed by atoms with E-state index in [1.54, 1.807) is 12.3 Å². The molecular weight excluding hydrogens is 513 g/mol. The van der Waals surface area contributed by atoms with Gasteiger partial charge in [-0.25, -0.2) is 14.4 Å². The molecule has 0 radical (unpaired) electrons. The highest BCUT2D eigenvalue weighted by atomic mass is 19.4. The Morgan fingerprint density at radius 3 is 2.71 bits per heavy atom. The molecule has 2 fully saturated rings. The van der Waals surface area contributed by atoms with Crippen LogP contribution in [-0.2, 0) is 4.74 Å². The predicted octanol–water partition coefficient (Wildman–Crippen LogP) is 3.83. The van der Waals surface area contributed by atoms with Crippen molar-refractivity contribution in [2.24, 2.45) is 5.92 Å². The fourth-order valence-corrected chi connectivity index (χ4v) is 5.50. The lowest BCUT2D eigenvalue weighted by atomic mass is 9.77. The molecule has 38 heavy (non-hydrogen) atoms. The summed E-state index contributed by atoms with van der Waals surface area (Å²) in [5, 5.41) is 12.8. The Hall–Kier alpha value is -3.03. The van der Waals surface area contributed by atoms with Gasteiger partial charge in [0.05, 0.1) is 19.2 Å². The van der Waals surface area contributed by atoms with Crippen LogP contribution >= 0.6 is 0 Å². The number of hydrogen-bond acceptors (Lipinski definition) is 7. The number of aromatic amines is 1. The number of fused-ring (bicyclic) bond motifs is 1. The molecule has 0 amide bonds. The van der Waals surface area contributed by atoms with Gasteiger partial charge in [0, 0.05) is 49.3 Å². The molecule has 8 nitrogen and oxygen atoms in total. The van der Waals surface area contributed by atoms with E-state index in [0.717, 1.165) is 20.1 Å². The number of imidazole rings is 1. The minimum atomic E-state index is -4.76. The van der Waals surface area contributed by atoms with E-state index >= 15 is 0 Å². The number of aromatic nitrogens is 3. The first kappa shape index (κ1) is 26.6. The summed E-state index contributed by atoms with van der Waals surface area (Å²) in [4.78, 5) is 14.1. The minimum Gasteiger partial charge on any atom is -0.493 e.